The molecule has 1 rings (SSSR count). The first-order valence-corrected chi connectivity index (χ1v) is 5.39. The molecular weight excluding hydrogens is 204 g/mol. The summed E-state index contributed by atoms with van der Waals surface area (Å²) in [5, 5.41) is 0.399. The van der Waals surface area contributed by atoms with Crippen molar-refractivity contribution in [3.05, 3.63) is 10.7 Å². The standard InChI is InChI=1S/C9H12O4S/c1-3-12-8(11)7-6(10)5-14-9(7)13-4-2/h3-5H2,1-2H3. The largest absolute Gasteiger partial charge is 0.487 e. The molecule has 14 heavy (non-hydrogen) atoms. The third-order valence-corrected chi connectivity index (χ3v) is 2.56. The van der Waals surface area contributed by atoms with Gasteiger partial charge >= 0.3 is 5.97 Å². The van der Waals surface area contributed by atoms with Gasteiger partial charge in [0.25, 0.3) is 0 Å². The number of rotatable bonds is 4. The van der Waals surface area contributed by atoms with E-state index in [1.807, 2.05) is 0 Å². The summed E-state index contributed by atoms with van der Waals surface area (Å²) in [4.78, 5) is 22.7. The highest BCUT2D eigenvalue weighted by Crippen LogP contribution is 2.30. The second-order valence-corrected chi connectivity index (χ2v) is 3.48. The van der Waals surface area contributed by atoms with Gasteiger partial charge in [0.2, 0.25) is 0 Å². The minimum Gasteiger partial charge on any atom is -0.487 e. The molecule has 0 aromatic carbocycles. The quantitative estimate of drug-likeness (QED) is 0.520. The number of Topliss-reactive ketones (excluding diaryl/α,β-unsaturated/α-hetero) is 1. The van der Waals surface area contributed by atoms with Gasteiger partial charge in [0.05, 0.1) is 19.0 Å². The molecule has 0 radical (unpaired) electrons. The van der Waals surface area contributed by atoms with Crippen LogP contribution in [0.4, 0.5) is 0 Å². The summed E-state index contributed by atoms with van der Waals surface area (Å²) in [6.45, 7) is 4.21. The second-order valence-electron chi connectivity index (χ2n) is 2.53. The number of thioether (sulfide) groups is 1. The van der Waals surface area contributed by atoms with Crippen molar-refractivity contribution < 1.29 is 19.1 Å². The van der Waals surface area contributed by atoms with Crippen LogP contribution in [0.5, 0.6) is 0 Å². The van der Waals surface area contributed by atoms with Crippen LogP contribution in [0.25, 0.3) is 0 Å². The molecule has 0 saturated heterocycles. The average molecular weight is 216 g/mol. The van der Waals surface area contributed by atoms with Crippen LogP contribution in [-0.2, 0) is 19.1 Å². The van der Waals surface area contributed by atoms with Crippen LogP contribution in [-0.4, -0.2) is 30.7 Å². The summed E-state index contributed by atoms with van der Waals surface area (Å²) in [6, 6.07) is 0. The molecule has 1 aliphatic heterocycles. The second kappa shape index (κ2) is 5.05. The molecule has 1 heterocycles. The molecule has 4 nitrogen and oxygen atoms in total. The lowest BCUT2D eigenvalue weighted by Gasteiger charge is -2.05. The van der Waals surface area contributed by atoms with Crippen molar-refractivity contribution in [1.82, 2.24) is 0 Å². The fourth-order valence-electron chi connectivity index (χ4n) is 1.03. The topological polar surface area (TPSA) is 52.6 Å². The van der Waals surface area contributed by atoms with Gasteiger partial charge in [0, 0.05) is 0 Å². The molecular formula is C9H12O4S. The number of hydrogen-bond acceptors (Lipinski definition) is 5. The summed E-state index contributed by atoms with van der Waals surface area (Å²) in [7, 11) is 0. The van der Waals surface area contributed by atoms with Gasteiger partial charge < -0.3 is 9.47 Å². The first kappa shape index (κ1) is 11.1. The number of ketones is 1. The van der Waals surface area contributed by atoms with Crippen LogP contribution in [0.15, 0.2) is 10.7 Å². The Morgan fingerprint density at radius 1 is 1.43 bits per heavy atom. The van der Waals surface area contributed by atoms with Gasteiger partial charge in [-0.2, -0.15) is 0 Å². The highest BCUT2D eigenvalue weighted by atomic mass is 32.2. The lowest BCUT2D eigenvalue weighted by molar-refractivity contribution is -0.139. The minimum atomic E-state index is -0.578. The van der Waals surface area contributed by atoms with E-state index < -0.39 is 5.97 Å². The summed E-state index contributed by atoms with van der Waals surface area (Å²) < 4.78 is 9.94. The molecule has 78 valence electrons. The monoisotopic (exact) mass is 216 g/mol. The zero-order valence-electron chi connectivity index (χ0n) is 8.16. The number of carbonyl (C=O) groups is 2. The highest BCUT2D eigenvalue weighted by molar-refractivity contribution is 8.04. The molecule has 0 aromatic heterocycles. The molecule has 0 saturated carbocycles. The van der Waals surface area contributed by atoms with Crippen molar-refractivity contribution >= 4 is 23.5 Å². The number of carbonyl (C=O) groups excluding carboxylic acids is 2. The third kappa shape index (κ3) is 2.29. The zero-order valence-corrected chi connectivity index (χ0v) is 8.98. The molecule has 5 heteroatoms. The predicted octanol–water partition coefficient (Wildman–Crippen LogP) is 1.11. The molecule has 0 atom stereocenters. The van der Waals surface area contributed by atoms with Crippen LogP contribution >= 0.6 is 11.8 Å². The first-order chi connectivity index (χ1) is 6.70. The van der Waals surface area contributed by atoms with Gasteiger partial charge in [-0.1, -0.05) is 11.8 Å². The van der Waals surface area contributed by atoms with Crippen LogP contribution in [0.3, 0.4) is 0 Å². The van der Waals surface area contributed by atoms with Crippen molar-refractivity contribution in [3.8, 4) is 0 Å². The Bertz CT molecular complexity index is 283. The van der Waals surface area contributed by atoms with E-state index in [0.717, 1.165) is 0 Å². The maximum atomic E-state index is 11.3. The van der Waals surface area contributed by atoms with Crippen molar-refractivity contribution in [2.24, 2.45) is 0 Å². The Balaban J connectivity index is 2.82. The van der Waals surface area contributed by atoms with E-state index in [1.165, 1.54) is 11.8 Å². The predicted molar refractivity (Wildman–Crippen MR) is 52.8 cm³/mol. The fraction of sp³-hybridized carbons (Fsp3) is 0.556. The van der Waals surface area contributed by atoms with Gasteiger partial charge in [0.15, 0.2) is 16.4 Å². The summed E-state index contributed by atoms with van der Waals surface area (Å²) in [6.07, 6.45) is 0. The Morgan fingerprint density at radius 2 is 2.14 bits per heavy atom. The van der Waals surface area contributed by atoms with Crippen LogP contribution in [0.2, 0.25) is 0 Å². The lowest BCUT2D eigenvalue weighted by Crippen LogP contribution is -2.15. The SMILES string of the molecule is CCOC(=O)C1=C(OCC)SCC1=O. The maximum Gasteiger partial charge on any atom is 0.346 e. The molecule has 1 aliphatic rings. The van der Waals surface area contributed by atoms with E-state index in [1.54, 1.807) is 13.8 Å². The smallest absolute Gasteiger partial charge is 0.346 e. The van der Waals surface area contributed by atoms with Gasteiger partial charge in [0.1, 0.15) is 0 Å². The van der Waals surface area contributed by atoms with Gasteiger partial charge in [-0.3, -0.25) is 4.79 Å². The third-order valence-electron chi connectivity index (χ3n) is 1.57. The molecule has 0 amide bonds. The fourth-order valence-corrected chi connectivity index (χ4v) is 1.98. The Hall–Kier alpha value is -0.970. The number of hydrogen-bond donors (Lipinski definition) is 0. The molecule has 0 aromatic rings. The molecule has 0 spiro atoms. The van der Waals surface area contributed by atoms with E-state index in [4.69, 9.17) is 9.47 Å². The van der Waals surface area contributed by atoms with Gasteiger partial charge in [-0.25, -0.2) is 4.79 Å². The van der Waals surface area contributed by atoms with Gasteiger partial charge in [-0.05, 0) is 13.8 Å². The first-order valence-electron chi connectivity index (χ1n) is 4.40. The van der Waals surface area contributed by atoms with Crippen LogP contribution in [0, 0.1) is 0 Å². The molecule has 0 fully saturated rings. The van der Waals surface area contributed by atoms with E-state index >= 15 is 0 Å². The van der Waals surface area contributed by atoms with Crippen molar-refractivity contribution in [3.63, 3.8) is 0 Å². The minimum absolute atomic E-state index is 0.0682. The average Bonchev–Trinajstić information content (AvgIpc) is 2.48. The number of esters is 1. The maximum absolute atomic E-state index is 11.3. The molecule has 0 bridgehead atoms. The van der Waals surface area contributed by atoms with Crippen molar-refractivity contribution in [2.75, 3.05) is 19.0 Å². The van der Waals surface area contributed by atoms with Gasteiger partial charge in [-0.15, -0.1) is 0 Å². The van der Waals surface area contributed by atoms with E-state index in [0.29, 0.717) is 11.7 Å². The molecule has 0 N–H and O–H groups in total. The van der Waals surface area contributed by atoms with Crippen molar-refractivity contribution in [2.45, 2.75) is 13.8 Å². The van der Waals surface area contributed by atoms with E-state index in [-0.39, 0.29) is 23.7 Å². The lowest BCUT2D eigenvalue weighted by atomic mass is 10.2. The summed E-state index contributed by atoms with van der Waals surface area (Å²) in [5.74, 6) is -0.522. The Labute approximate surface area is 86.6 Å². The normalized spacial score (nSPS) is 16.0. The Kier molecular flexibility index (Phi) is 4.00. The summed E-state index contributed by atoms with van der Waals surface area (Å²) in [5.41, 5.74) is 0.0682. The van der Waals surface area contributed by atoms with E-state index in [2.05, 4.69) is 0 Å². The Morgan fingerprint density at radius 3 is 2.71 bits per heavy atom. The zero-order chi connectivity index (χ0) is 10.6. The van der Waals surface area contributed by atoms with E-state index in [9.17, 15) is 9.59 Å². The van der Waals surface area contributed by atoms with Crippen LogP contribution in [0.1, 0.15) is 13.8 Å². The molecule has 0 unspecified atom stereocenters. The number of ether oxygens (including phenoxy) is 2. The van der Waals surface area contributed by atoms with Crippen LogP contribution < -0.4 is 0 Å². The summed E-state index contributed by atoms with van der Waals surface area (Å²) >= 11 is 1.24. The van der Waals surface area contributed by atoms with Crippen molar-refractivity contribution in [1.29, 1.82) is 0 Å². The highest BCUT2D eigenvalue weighted by Gasteiger charge is 2.31. The molecule has 0 aliphatic carbocycles.